The van der Waals surface area contributed by atoms with Gasteiger partial charge in [-0.2, -0.15) is 0 Å². The number of carbonyl (C=O) groups excluding carboxylic acids is 2. The molecule has 3 atom stereocenters. The maximum atomic E-state index is 13.6. The summed E-state index contributed by atoms with van der Waals surface area (Å²) in [4.78, 5) is 37.9. The molecular weight excluding hydrogens is 1050 g/mol. The van der Waals surface area contributed by atoms with Crippen LogP contribution in [-0.4, -0.2) is 74.3 Å². The zero-order valence-corrected chi connectivity index (χ0v) is 55.3. The Labute approximate surface area is 512 Å². The second-order valence-corrected chi connectivity index (χ2v) is 25.1. The van der Waals surface area contributed by atoms with E-state index < -0.39 is 20.0 Å². The van der Waals surface area contributed by atoms with Crippen LogP contribution >= 0.6 is 7.82 Å². The average molecular weight is 1180 g/mol. The van der Waals surface area contributed by atoms with E-state index in [2.05, 4.69) is 135 Å². The molecule has 10 heteroatoms. The maximum absolute atomic E-state index is 13.6. The van der Waals surface area contributed by atoms with Crippen molar-refractivity contribution in [2.45, 2.75) is 290 Å². The number of quaternary nitrogens is 1. The van der Waals surface area contributed by atoms with Gasteiger partial charge in [-0.15, -0.1) is 0 Å². The van der Waals surface area contributed by atoms with Crippen molar-refractivity contribution in [2.24, 2.45) is 0 Å². The summed E-state index contributed by atoms with van der Waals surface area (Å²) >= 11 is 0. The molecule has 0 spiro atoms. The summed E-state index contributed by atoms with van der Waals surface area (Å²) in [7, 11) is 1.46. The Morgan fingerprint density at radius 1 is 0.434 bits per heavy atom. The van der Waals surface area contributed by atoms with Crippen LogP contribution in [0.2, 0.25) is 0 Å². The minimum atomic E-state index is -4.47. The number of rotatable bonds is 60. The fraction of sp³-hybridized carbons (Fsp3) is 0.699. The number of nitrogens with zero attached hydrogens (tertiary/aromatic N) is 1. The number of hydrogen-bond acceptors (Lipinski definition) is 6. The molecule has 0 aromatic carbocycles. The number of amides is 1. The molecule has 0 saturated heterocycles. The molecule has 0 aliphatic rings. The summed E-state index contributed by atoms with van der Waals surface area (Å²) < 4.78 is 30.8. The van der Waals surface area contributed by atoms with Gasteiger partial charge >= 0.3 is 13.8 Å². The first-order valence-electron chi connectivity index (χ1n) is 33.9. The molecule has 0 heterocycles. The Morgan fingerprint density at radius 2 is 0.771 bits per heavy atom. The van der Waals surface area contributed by atoms with Crippen LogP contribution in [0.25, 0.3) is 0 Å². The van der Waals surface area contributed by atoms with E-state index in [1.54, 1.807) is 0 Å². The topological polar surface area (TPSA) is 111 Å². The number of unbranched alkanes of at least 4 members (excludes halogenated alkanes) is 26. The number of nitrogens with one attached hydrogen (secondary N) is 1. The highest BCUT2D eigenvalue weighted by Crippen LogP contribution is 2.43. The van der Waals surface area contributed by atoms with E-state index in [1.807, 2.05) is 33.3 Å². The van der Waals surface area contributed by atoms with Gasteiger partial charge in [-0.1, -0.05) is 265 Å². The number of likely N-dealkylation sites (N-methyl/N-ethyl adjacent to an activating group) is 1. The summed E-state index contributed by atoms with van der Waals surface area (Å²) in [5, 5.41) is 3.05. The van der Waals surface area contributed by atoms with Crippen molar-refractivity contribution in [3.05, 3.63) is 122 Å². The molecule has 9 nitrogen and oxygen atoms in total. The van der Waals surface area contributed by atoms with Crippen LogP contribution in [0.3, 0.4) is 0 Å². The largest absolute Gasteiger partial charge is 0.472 e. The minimum Gasteiger partial charge on any atom is -0.456 e. The van der Waals surface area contributed by atoms with Crippen molar-refractivity contribution in [1.82, 2.24) is 5.32 Å². The van der Waals surface area contributed by atoms with E-state index in [9.17, 15) is 19.0 Å². The average Bonchev–Trinajstić information content (AvgIpc) is 3.46. The fourth-order valence-corrected chi connectivity index (χ4v) is 9.92. The van der Waals surface area contributed by atoms with Gasteiger partial charge in [0, 0.05) is 12.8 Å². The summed E-state index contributed by atoms with van der Waals surface area (Å²) in [6, 6.07) is -0.871. The van der Waals surface area contributed by atoms with Gasteiger partial charge in [-0.25, -0.2) is 4.57 Å². The molecule has 0 fully saturated rings. The van der Waals surface area contributed by atoms with Gasteiger partial charge in [0.05, 0.1) is 33.8 Å². The van der Waals surface area contributed by atoms with Crippen molar-refractivity contribution in [2.75, 3.05) is 40.9 Å². The Balaban J connectivity index is 5.25. The van der Waals surface area contributed by atoms with Gasteiger partial charge in [-0.3, -0.25) is 18.6 Å². The zero-order chi connectivity index (χ0) is 60.7. The first-order valence-corrected chi connectivity index (χ1v) is 35.4. The Morgan fingerprint density at radius 3 is 1.18 bits per heavy atom. The number of carbonyl (C=O) groups is 2. The number of allylic oxidation sites excluding steroid dienone is 19. The lowest BCUT2D eigenvalue weighted by atomic mass is 10.0. The number of hydrogen-bond donors (Lipinski definition) is 2. The highest BCUT2D eigenvalue weighted by molar-refractivity contribution is 7.47. The first-order chi connectivity index (χ1) is 40.4. The highest BCUT2D eigenvalue weighted by atomic mass is 31.2. The number of ether oxygens (including phenoxy) is 1. The summed E-state index contributed by atoms with van der Waals surface area (Å²) in [6.07, 6.45) is 86.2. The number of phosphoric ester groups is 1. The van der Waals surface area contributed by atoms with Crippen molar-refractivity contribution >= 4 is 19.7 Å². The standard InChI is InChI=1S/C73H127N2O7P/c1-7-10-13-16-19-22-25-28-30-32-34-35-36-37-38-39-41-43-45-48-51-54-57-60-63-66-73(77)82-71(64-61-58-55-52-49-46-27-24-21-18-15-12-9-3)70(69-81-83(78,79)80-68-67-75(4,5)6)74-72(76)65-62-59-56-53-50-47-44-42-40-33-31-29-26-23-20-17-14-11-8-2/h10,13,19-20,22-23,28-31,34-35,37-38,40-43,61,64,70-71H,7-9,11-12,14-18,21,24-27,32-33,36,39,44-60,62-63,65-69H2,1-6H3,(H-,74,76,78,79)/p+1/b13-10-,22-19-,23-20-,30-28-,31-29-,35-34-,38-37-,42-40-,43-41-,64-61-. The van der Waals surface area contributed by atoms with E-state index in [0.717, 1.165) is 154 Å². The van der Waals surface area contributed by atoms with Crippen molar-refractivity contribution in [3.63, 3.8) is 0 Å². The molecule has 0 aromatic rings. The first kappa shape index (κ1) is 79.4. The third kappa shape index (κ3) is 62.8. The highest BCUT2D eigenvalue weighted by Gasteiger charge is 2.30. The molecule has 476 valence electrons. The summed E-state index contributed by atoms with van der Waals surface area (Å²) in [5.74, 6) is -0.540. The van der Waals surface area contributed by atoms with Crippen molar-refractivity contribution in [3.8, 4) is 0 Å². The SMILES string of the molecule is CC/C=C\C/C=C\C/C=C\C/C=C\C/C=C\C/C=C\CCCCCCCCC(=O)OC(/C=C\CCCCCCCCCCCCC)C(COP(=O)(O)OCC[N+](C)(C)C)NC(=O)CCCCCCCC/C=C\C/C=C\C/C=C\CCCCC. The zero-order valence-electron chi connectivity index (χ0n) is 54.4. The minimum absolute atomic E-state index is 0.0287. The van der Waals surface area contributed by atoms with Crippen LogP contribution in [0.1, 0.15) is 278 Å². The van der Waals surface area contributed by atoms with Crippen LogP contribution in [-0.2, 0) is 27.9 Å². The summed E-state index contributed by atoms with van der Waals surface area (Å²) in [5.41, 5.74) is 0. The third-order valence-electron chi connectivity index (χ3n) is 14.4. The quantitative estimate of drug-likeness (QED) is 0.0205. The van der Waals surface area contributed by atoms with Gasteiger partial charge in [-0.05, 0) is 122 Å². The second-order valence-electron chi connectivity index (χ2n) is 23.6. The van der Waals surface area contributed by atoms with Crippen LogP contribution in [0, 0.1) is 0 Å². The van der Waals surface area contributed by atoms with Gasteiger partial charge < -0.3 is 19.4 Å². The summed E-state index contributed by atoms with van der Waals surface area (Å²) in [6.45, 7) is 6.85. The molecule has 2 N–H and O–H groups in total. The predicted molar refractivity (Wildman–Crippen MR) is 360 cm³/mol. The Kier molecular flexibility index (Phi) is 58.8. The number of phosphoric acid groups is 1. The van der Waals surface area contributed by atoms with Gasteiger partial charge in [0.25, 0.3) is 0 Å². The van der Waals surface area contributed by atoms with Crippen LogP contribution in [0.4, 0.5) is 0 Å². The lowest BCUT2D eigenvalue weighted by Crippen LogP contribution is -2.47. The predicted octanol–water partition coefficient (Wildman–Crippen LogP) is 21.4. The lowest BCUT2D eigenvalue weighted by molar-refractivity contribution is -0.870. The molecule has 0 aromatic heterocycles. The molecule has 3 unspecified atom stereocenters. The molecule has 0 radical (unpaired) electrons. The molecule has 83 heavy (non-hydrogen) atoms. The van der Waals surface area contributed by atoms with Crippen molar-refractivity contribution < 1.29 is 37.3 Å². The Bertz CT molecular complexity index is 1830. The number of esters is 1. The normalized spacial score (nSPS) is 14.3. The van der Waals surface area contributed by atoms with Gasteiger partial charge in [0.2, 0.25) is 5.91 Å². The molecule has 0 aliphatic carbocycles. The Hall–Kier alpha value is -3.59. The van der Waals surface area contributed by atoms with E-state index >= 15 is 0 Å². The van der Waals surface area contributed by atoms with E-state index in [0.29, 0.717) is 23.9 Å². The molecule has 1 amide bonds. The van der Waals surface area contributed by atoms with Crippen molar-refractivity contribution in [1.29, 1.82) is 0 Å². The van der Waals surface area contributed by atoms with Crippen LogP contribution in [0.5, 0.6) is 0 Å². The van der Waals surface area contributed by atoms with Gasteiger partial charge in [0.1, 0.15) is 19.3 Å². The smallest absolute Gasteiger partial charge is 0.456 e. The maximum Gasteiger partial charge on any atom is 0.472 e. The molecule has 0 rings (SSSR count). The van der Waals surface area contributed by atoms with Crippen LogP contribution in [0.15, 0.2) is 122 Å². The van der Waals surface area contributed by atoms with Gasteiger partial charge in [0.15, 0.2) is 0 Å². The van der Waals surface area contributed by atoms with E-state index in [4.69, 9.17) is 13.8 Å². The monoisotopic (exact) mass is 1180 g/mol. The van der Waals surface area contributed by atoms with E-state index in [-0.39, 0.29) is 31.5 Å². The lowest BCUT2D eigenvalue weighted by Gasteiger charge is -2.27. The molecular formula is C73H128N2O7P+. The molecule has 0 aliphatic heterocycles. The van der Waals surface area contributed by atoms with E-state index in [1.165, 1.54) is 83.5 Å². The molecule has 0 saturated carbocycles. The second kappa shape index (κ2) is 61.5. The fourth-order valence-electron chi connectivity index (χ4n) is 9.19. The third-order valence-corrected chi connectivity index (χ3v) is 15.4. The van der Waals surface area contributed by atoms with Crippen LogP contribution < -0.4 is 5.32 Å². The molecule has 0 bridgehead atoms.